The summed E-state index contributed by atoms with van der Waals surface area (Å²) in [5.74, 6) is 1.88. The number of benzene rings is 1. The zero-order chi connectivity index (χ0) is 14.5. The van der Waals surface area contributed by atoms with Crippen molar-refractivity contribution in [1.29, 1.82) is 0 Å². The van der Waals surface area contributed by atoms with Gasteiger partial charge in [-0.2, -0.15) is 0 Å². The highest BCUT2D eigenvalue weighted by Crippen LogP contribution is 2.23. The summed E-state index contributed by atoms with van der Waals surface area (Å²) in [6, 6.07) is 6.80. The lowest BCUT2D eigenvalue weighted by Crippen LogP contribution is -3.28. The Balaban J connectivity index is 2.00. The minimum Gasteiger partial charge on any atom is -0.497 e. The van der Waals surface area contributed by atoms with E-state index in [-0.39, 0.29) is 0 Å². The number of ether oxygens (including phenoxy) is 2. The Hall–Kier alpha value is -1.26. The van der Waals surface area contributed by atoms with Gasteiger partial charge < -0.3 is 19.3 Å². The molecule has 112 valence electrons. The summed E-state index contributed by atoms with van der Waals surface area (Å²) in [4.78, 5) is 3.37. The van der Waals surface area contributed by atoms with Crippen LogP contribution in [0, 0.1) is 0 Å². The highest BCUT2D eigenvalue weighted by atomic mass is 16.5. The maximum Gasteiger partial charge on any atom is 0.127 e. The van der Waals surface area contributed by atoms with Crippen molar-refractivity contribution in [3.8, 4) is 11.5 Å². The molecule has 0 amide bonds. The van der Waals surface area contributed by atoms with E-state index in [0.717, 1.165) is 24.1 Å². The van der Waals surface area contributed by atoms with E-state index in [1.165, 1.54) is 31.7 Å². The fraction of sp³-hybridized carbons (Fsp3) is 0.625. The van der Waals surface area contributed by atoms with Crippen LogP contribution in [0.1, 0.15) is 19.4 Å². The second-order valence-electron chi connectivity index (χ2n) is 5.92. The van der Waals surface area contributed by atoms with Crippen molar-refractivity contribution in [1.82, 2.24) is 0 Å². The Kier molecular flexibility index (Phi) is 5.26. The number of methoxy groups -OCH3 is 2. The van der Waals surface area contributed by atoms with Gasteiger partial charge in [-0.3, -0.25) is 0 Å². The maximum absolute atomic E-state index is 5.47. The van der Waals surface area contributed by atoms with Crippen molar-refractivity contribution in [3.63, 3.8) is 0 Å². The van der Waals surface area contributed by atoms with Crippen LogP contribution in [0.3, 0.4) is 0 Å². The summed E-state index contributed by atoms with van der Waals surface area (Å²) >= 11 is 0. The Morgan fingerprint density at radius 1 is 1.05 bits per heavy atom. The molecule has 1 aliphatic rings. The molecule has 20 heavy (non-hydrogen) atoms. The number of hydrogen-bond acceptors (Lipinski definition) is 2. The SMILES string of the molecule is COc1ccc(OC)c(C[NH+]2CC[NH+](C(C)C)CC2)c1. The van der Waals surface area contributed by atoms with Crippen LogP contribution in [0.4, 0.5) is 0 Å². The minimum atomic E-state index is 0.739. The number of piperazine rings is 1. The topological polar surface area (TPSA) is 27.3 Å². The zero-order valence-electron chi connectivity index (χ0n) is 13.2. The van der Waals surface area contributed by atoms with Gasteiger partial charge in [-0.05, 0) is 32.0 Å². The van der Waals surface area contributed by atoms with E-state index >= 15 is 0 Å². The molecule has 0 aromatic heterocycles. The van der Waals surface area contributed by atoms with Crippen LogP contribution in [-0.2, 0) is 6.54 Å². The van der Waals surface area contributed by atoms with Crippen molar-refractivity contribution in [3.05, 3.63) is 23.8 Å². The normalized spacial score (nSPS) is 22.9. The minimum absolute atomic E-state index is 0.739. The lowest BCUT2D eigenvalue weighted by Gasteiger charge is -2.32. The van der Waals surface area contributed by atoms with Crippen LogP contribution in [-0.4, -0.2) is 46.4 Å². The smallest absolute Gasteiger partial charge is 0.127 e. The largest absolute Gasteiger partial charge is 0.497 e. The van der Waals surface area contributed by atoms with Crippen LogP contribution in [0.2, 0.25) is 0 Å². The molecule has 0 aliphatic carbocycles. The molecular weight excluding hydrogens is 252 g/mol. The third-order valence-corrected chi connectivity index (χ3v) is 4.34. The van der Waals surface area contributed by atoms with Gasteiger partial charge in [0, 0.05) is 0 Å². The lowest BCUT2D eigenvalue weighted by atomic mass is 10.1. The predicted octanol–water partition coefficient (Wildman–Crippen LogP) is -0.604. The molecular formula is C16H28N2O2+2. The Morgan fingerprint density at radius 3 is 2.30 bits per heavy atom. The Bertz CT molecular complexity index is 426. The van der Waals surface area contributed by atoms with E-state index in [9.17, 15) is 0 Å². The number of quaternary nitrogens is 2. The molecule has 2 N–H and O–H groups in total. The van der Waals surface area contributed by atoms with E-state index in [1.54, 1.807) is 24.0 Å². The van der Waals surface area contributed by atoms with Gasteiger partial charge in [-0.1, -0.05) is 0 Å². The number of hydrogen-bond donors (Lipinski definition) is 2. The van der Waals surface area contributed by atoms with Gasteiger partial charge in [-0.25, -0.2) is 0 Å². The highest BCUT2D eigenvalue weighted by molar-refractivity contribution is 5.39. The molecule has 2 rings (SSSR count). The average molecular weight is 280 g/mol. The van der Waals surface area contributed by atoms with E-state index in [0.29, 0.717) is 0 Å². The molecule has 1 saturated heterocycles. The first-order chi connectivity index (χ1) is 9.63. The second kappa shape index (κ2) is 6.95. The summed E-state index contributed by atoms with van der Waals surface area (Å²) in [7, 11) is 3.45. The first-order valence-electron chi connectivity index (χ1n) is 7.53. The molecule has 0 atom stereocenters. The fourth-order valence-corrected chi connectivity index (χ4v) is 2.97. The molecule has 0 bridgehead atoms. The third-order valence-electron chi connectivity index (χ3n) is 4.34. The molecule has 1 aromatic carbocycles. The molecule has 4 heteroatoms. The fourth-order valence-electron chi connectivity index (χ4n) is 2.97. The van der Waals surface area contributed by atoms with Gasteiger partial charge in [0.05, 0.1) is 25.8 Å². The van der Waals surface area contributed by atoms with Crippen LogP contribution < -0.4 is 19.3 Å². The molecule has 0 saturated carbocycles. The summed E-state index contributed by atoms with van der Waals surface area (Å²) in [6.45, 7) is 10.6. The van der Waals surface area contributed by atoms with E-state index in [1.807, 2.05) is 12.1 Å². The number of rotatable bonds is 5. The van der Waals surface area contributed by atoms with Gasteiger partial charge in [0.2, 0.25) is 0 Å². The Morgan fingerprint density at radius 2 is 1.75 bits per heavy atom. The van der Waals surface area contributed by atoms with Gasteiger partial charge in [-0.15, -0.1) is 0 Å². The van der Waals surface area contributed by atoms with Crippen molar-refractivity contribution in [2.75, 3.05) is 40.4 Å². The predicted molar refractivity (Wildman–Crippen MR) is 79.8 cm³/mol. The van der Waals surface area contributed by atoms with Crippen LogP contribution in [0.15, 0.2) is 18.2 Å². The van der Waals surface area contributed by atoms with E-state index in [4.69, 9.17) is 9.47 Å². The van der Waals surface area contributed by atoms with Crippen LogP contribution >= 0.6 is 0 Å². The van der Waals surface area contributed by atoms with Crippen molar-refractivity contribution in [2.45, 2.75) is 26.4 Å². The average Bonchev–Trinajstić information content (AvgIpc) is 2.47. The van der Waals surface area contributed by atoms with Gasteiger partial charge >= 0.3 is 0 Å². The molecule has 0 unspecified atom stereocenters. The molecule has 1 heterocycles. The van der Waals surface area contributed by atoms with Crippen molar-refractivity contribution >= 4 is 0 Å². The Labute approximate surface area is 122 Å². The molecule has 1 aromatic rings. The molecule has 0 spiro atoms. The van der Waals surface area contributed by atoms with Gasteiger partial charge in [0.25, 0.3) is 0 Å². The summed E-state index contributed by atoms with van der Waals surface area (Å²) in [5, 5.41) is 0. The molecule has 4 nitrogen and oxygen atoms in total. The second-order valence-corrected chi connectivity index (χ2v) is 5.92. The van der Waals surface area contributed by atoms with Crippen LogP contribution in [0.25, 0.3) is 0 Å². The van der Waals surface area contributed by atoms with Crippen molar-refractivity contribution < 1.29 is 19.3 Å². The molecule has 0 radical (unpaired) electrons. The highest BCUT2D eigenvalue weighted by Gasteiger charge is 2.25. The first-order valence-corrected chi connectivity index (χ1v) is 7.53. The maximum atomic E-state index is 5.47. The summed E-state index contributed by atoms with van der Waals surface area (Å²) in [6.07, 6.45) is 0. The zero-order valence-corrected chi connectivity index (χ0v) is 13.2. The van der Waals surface area contributed by atoms with Gasteiger partial charge in [0.15, 0.2) is 0 Å². The summed E-state index contributed by atoms with van der Waals surface area (Å²) in [5.41, 5.74) is 1.25. The third kappa shape index (κ3) is 3.64. The van der Waals surface area contributed by atoms with Crippen molar-refractivity contribution in [2.24, 2.45) is 0 Å². The quantitative estimate of drug-likeness (QED) is 0.753. The van der Waals surface area contributed by atoms with E-state index < -0.39 is 0 Å². The van der Waals surface area contributed by atoms with Gasteiger partial charge in [0.1, 0.15) is 44.2 Å². The lowest BCUT2D eigenvalue weighted by molar-refractivity contribution is -1.03. The standard InChI is InChI=1S/C16H26N2O2/c1-13(2)18-9-7-17(8-10-18)12-14-11-15(19-3)5-6-16(14)20-4/h5-6,11,13H,7-10,12H2,1-4H3/p+2. The molecule has 1 fully saturated rings. The molecule has 1 aliphatic heterocycles. The monoisotopic (exact) mass is 280 g/mol. The first kappa shape index (κ1) is 15.1. The summed E-state index contributed by atoms with van der Waals surface area (Å²) < 4.78 is 10.8. The van der Waals surface area contributed by atoms with E-state index in [2.05, 4.69) is 19.9 Å². The van der Waals surface area contributed by atoms with Crippen LogP contribution in [0.5, 0.6) is 11.5 Å². The number of nitrogens with one attached hydrogen (secondary N) is 2.